The molecule has 1 unspecified atom stereocenters. The first-order chi connectivity index (χ1) is 17.1. The third kappa shape index (κ3) is 7.47. The summed E-state index contributed by atoms with van der Waals surface area (Å²) in [7, 11) is 0. The highest BCUT2D eigenvalue weighted by Crippen LogP contribution is 2.36. The van der Waals surface area contributed by atoms with Gasteiger partial charge in [-0.2, -0.15) is 0 Å². The highest BCUT2D eigenvalue weighted by Gasteiger charge is 2.22. The molecule has 0 radical (unpaired) electrons. The van der Waals surface area contributed by atoms with Crippen LogP contribution in [0.15, 0.2) is 119 Å². The lowest BCUT2D eigenvalue weighted by atomic mass is 10.1. The van der Waals surface area contributed by atoms with E-state index in [4.69, 9.17) is 4.74 Å². The number of carbonyl (C=O) groups is 2. The molecule has 176 valence electrons. The van der Waals surface area contributed by atoms with Crippen molar-refractivity contribution in [3.63, 3.8) is 0 Å². The van der Waals surface area contributed by atoms with Crippen molar-refractivity contribution in [1.82, 2.24) is 0 Å². The fraction of sp³-hybridized carbons (Fsp3) is 0.0714. The highest BCUT2D eigenvalue weighted by atomic mass is 79.9. The van der Waals surface area contributed by atoms with Gasteiger partial charge in [0.2, 0.25) is 5.91 Å². The van der Waals surface area contributed by atoms with Gasteiger partial charge in [0.1, 0.15) is 11.0 Å². The number of ether oxygens (including phenoxy) is 1. The Balaban J connectivity index is 1.40. The van der Waals surface area contributed by atoms with Crippen LogP contribution in [-0.4, -0.2) is 18.4 Å². The van der Waals surface area contributed by atoms with E-state index in [2.05, 4.69) is 26.6 Å². The quantitative estimate of drug-likeness (QED) is 0.223. The standard InChI is InChI=1S/C28H23BrN2O3S/c29-21-11-13-23(14-12-21)31-28(33)27(20-7-3-1-4-8-20)35-25-17-15-22(16-18-25)30-26(32)19-34-24-9-5-2-6-10-24/h1-18,27H,19H2,(H,30,32)(H,31,33). The van der Waals surface area contributed by atoms with Gasteiger partial charge in [0, 0.05) is 20.7 Å². The molecule has 0 fully saturated rings. The summed E-state index contributed by atoms with van der Waals surface area (Å²) in [5, 5.41) is 5.38. The van der Waals surface area contributed by atoms with Crippen molar-refractivity contribution in [3.05, 3.63) is 119 Å². The zero-order chi connectivity index (χ0) is 24.5. The van der Waals surface area contributed by atoms with E-state index >= 15 is 0 Å². The van der Waals surface area contributed by atoms with Crippen LogP contribution in [0.2, 0.25) is 0 Å². The third-order valence-corrected chi connectivity index (χ3v) is 6.75. The Labute approximate surface area is 217 Å². The van der Waals surface area contributed by atoms with Crippen LogP contribution >= 0.6 is 27.7 Å². The average Bonchev–Trinajstić information content (AvgIpc) is 2.89. The Morgan fingerprint density at radius 3 is 1.97 bits per heavy atom. The van der Waals surface area contributed by atoms with E-state index in [1.54, 1.807) is 12.1 Å². The molecule has 5 nitrogen and oxygen atoms in total. The number of thioether (sulfide) groups is 1. The normalized spacial score (nSPS) is 11.3. The van der Waals surface area contributed by atoms with Crippen LogP contribution in [0, 0.1) is 0 Å². The SMILES string of the molecule is O=C(COc1ccccc1)Nc1ccc(SC(C(=O)Nc2ccc(Br)cc2)c2ccccc2)cc1. The van der Waals surface area contributed by atoms with E-state index in [0.717, 1.165) is 20.6 Å². The number of anilines is 2. The summed E-state index contributed by atoms with van der Waals surface area (Å²) < 4.78 is 6.43. The molecule has 2 amide bonds. The highest BCUT2D eigenvalue weighted by molar-refractivity contribution is 9.10. The Kier molecular flexibility index (Phi) is 8.59. The van der Waals surface area contributed by atoms with Gasteiger partial charge >= 0.3 is 0 Å². The van der Waals surface area contributed by atoms with Crippen molar-refractivity contribution in [2.75, 3.05) is 17.2 Å². The molecule has 4 aromatic carbocycles. The Morgan fingerprint density at radius 2 is 1.31 bits per heavy atom. The van der Waals surface area contributed by atoms with Crippen LogP contribution in [0.4, 0.5) is 11.4 Å². The van der Waals surface area contributed by atoms with Crippen molar-refractivity contribution in [2.45, 2.75) is 10.1 Å². The van der Waals surface area contributed by atoms with Gasteiger partial charge < -0.3 is 15.4 Å². The number of amides is 2. The predicted octanol–water partition coefficient (Wildman–Crippen LogP) is 6.94. The number of nitrogens with one attached hydrogen (secondary N) is 2. The third-order valence-electron chi connectivity index (χ3n) is 4.96. The smallest absolute Gasteiger partial charge is 0.262 e. The molecular weight excluding hydrogens is 524 g/mol. The van der Waals surface area contributed by atoms with Gasteiger partial charge in [0.25, 0.3) is 5.91 Å². The Bertz CT molecular complexity index is 1250. The van der Waals surface area contributed by atoms with E-state index in [1.165, 1.54) is 11.8 Å². The minimum atomic E-state index is -0.445. The van der Waals surface area contributed by atoms with Crippen molar-refractivity contribution in [1.29, 1.82) is 0 Å². The fourth-order valence-corrected chi connectivity index (χ4v) is 4.55. The second kappa shape index (κ2) is 12.2. The topological polar surface area (TPSA) is 67.4 Å². The van der Waals surface area contributed by atoms with Crippen LogP contribution in [0.1, 0.15) is 10.8 Å². The molecule has 1 atom stereocenters. The Morgan fingerprint density at radius 1 is 0.743 bits per heavy atom. The van der Waals surface area contributed by atoms with Gasteiger partial charge in [0.15, 0.2) is 6.61 Å². The Hall–Kier alpha value is -3.55. The average molecular weight is 547 g/mol. The molecule has 0 aliphatic heterocycles. The number of carbonyl (C=O) groups excluding carboxylic acids is 2. The molecule has 0 saturated heterocycles. The van der Waals surface area contributed by atoms with E-state index in [-0.39, 0.29) is 18.4 Å². The van der Waals surface area contributed by atoms with Gasteiger partial charge in [-0.15, -0.1) is 11.8 Å². The summed E-state index contributed by atoms with van der Waals surface area (Å²) in [6, 6.07) is 33.8. The zero-order valence-corrected chi connectivity index (χ0v) is 21.1. The lowest BCUT2D eigenvalue weighted by Gasteiger charge is -2.17. The largest absolute Gasteiger partial charge is 0.484 e. The summed E-state index contributed by atoms with van der Waals surface area (Å²) in [5.74, 6) is 0.284. The van der Waals surface area contributed by atoms with Crippen LogP contribution in [-0.2, 0) is 9.59 Å². The molecule has 0 aliphatic carbocycles. The molecule has 0 spiro atoms. The van der Waals surface area contributed by atoms with Gasteiger partial charge in [-0.3, -0.25) is 9.59 Å². The summed E-state index contributed by atoms with van der Waals surface area (Å²) in [6.45, 7) is -0.0766. The van der Waals surface area contributed by atoms with E-state index < -0.39 is 5.25 Å². The molecule has 0 bridgehead atoms. The summed E-state index contributed by atoms with van der Waals surface area (Å²) >= 11 is 4.86. The molecule has 0 heterocycles. The fourth-order valence-electron chi connectivity index (χ4n) is 3.26. The molecule has 0 aromatic heterocycles. The van der Waals surface area contributed by atoms with Crippen LogP contribution in [0.3, 0.4) is 0 Å². The summed E-state index contributed by atoms with van der Waals surface area (Å²) in [5.41, 5.74) is 2.30. The maximum Gasteiger partial charge on any atom is 0.262 e. The van der Waals surface area contributed by atoms with Crippen molar-refractivity contribution < 1.29 is 14.3 Å². The van der Waals surface area contributed by atoms with Gasteiger partial charge in [0.05, 0.1) is 0 Å². The molecule has 0 aliphatic rings. The first kappa shape index (κ1) is 24.6. The number of hydrogen-bond acceptors (Lipinski definition) is 4. The summed E-state index contributed by atoms with van der Waals surface area (Å²) in [4.78, 5) is 26.3. The van der Waals surface area contributed by atoms with Crippen LogP contribution in [0.25, 0.3) is 0 Å². The van der Waals surface area contributed by atoms with Gasteiger partial charge in [-0.1, -0.05) is 64.5 Å². The molecular formula is C28H23BrN2O3S. The monoisotopic (exact) mass is 546 g/mol. The minimum Gasteiger partial charge on any atom is -0.484 e. The maximum atomic E-state index is 13.2. The van der Waals surface area contributed by atoms with Crippen molar-refractivity contribution in [2.24, 2.45) is 0 Å². The number of benzene rings is 4. The molecule has 2 N–H and O–H groups in total. The second-order valence-electron chi connectivity index (χ2n) is 7.58. The molecule has 0 saturated carbocycles. The number of rotatable bonds is 9. The molecule has 7 heteroatoms. The van der Waals surface area contributed by atoms with Crippen molar-refractivity contribution >= 4 is 50.9 Å². The lowest BCUT2D eigenvalue weighted by molar-refractivity contribution is -0.118. The number of halogens is 1. The van der Waals surface area contributed by atoms with Gasteiger partial charge in [-0.25, -0.2) is 0 Å². The van der Waals surface area contributed by atoms with Crippen LogP contribution < -0.4 is 15.4 Å². The maximum absolute atomic E-state index is 13.2. The summed E-state index contributed by atoms with van der Waals surface area (Å²) in [6.07, 6.45) is 0. The first-order valence-corrected chi connectivity index (χ1v) is 12.6. The van der Waals surface area contributed by atoms with E-state index in [9.17, 15) is 9.59 Å². The lowest BCUT2D eigenvalue weighted by Crippen LogP contribution is -2.20. The predicted molar refractivity (Wildman–Crippen MR) is 145 cm³/mol. The first-order valence-electron chi connectivity index (χ1n) is 10.9. The number of para-hydroxylation sites is 1. The van der Waals surface area contributed by atoms with Crippen LogP contribution in [0.5, 0.6) is 5.75 Å². The zero-order valence-electron chi connectivity index (χ0n) is 18.7. The van der Waals surface area contributed by atoms with Gasteiger partial charge in [-0.05, 0) is 66.2 Å². The van der Waals surface area contributed by atoms with E-state index in [1.807, 2.05) is 97.1 Å². The molecule has 35 heavy (non-hydrogen) atoms. The molecule has 4 rings (SSSR count). The number of hydrogen-bond donors (Lipinski definition) is 2. The second-order valence-corrected chi connectivity index (χ2v) is 9.67. The van der Waals surface area contributed by atoms with Crippen molar-refractivity contribution in [3.8, 4) is 5.75 Å². The minimum absolute atomic E-state index is 0.0766. The van der Waals surface area contributed by atoms with E-state index in [0.29, 0.717) is 11.4 Å². The molecule has 4 aromatic rings.